The summed E-state index contributed by atoms with van der Waals surface area (Å²) in [6.07, 6.45) is 31.4. The van der Waals surface area contributed by atoms with E-state index in [-0.39, 0.29) is 0 Å². The number of rotatable bonds is 21. The number of aromatic nitrogens is 3. The Bertz CT molecular complexity index is 736. The lowest BCUT2D eigenvalue weighted by Crippen LogP contribution is -1.96. The molecule has 0 aromatic carbocycles. The van der Waals surface area contributed by atoms with Gasteiger partial charge < -0.3 is 0 Å². The van der Waals surface area contributed by atoms with E-state index in [1.165, 1.54) is 120 Å². The molecule has 0 N–H and O–H groups in total. The Morgan fingerprint density at radius 2 is 1.03 bits per heavy atom. The Morgan fingerprint density at radius 1 is 0.543 bits per heavy atom. The van der Waals surface area contributed by atoms with Crippen molar-refractivity contribution in [1.29, 1.82) is 0 Å². The van der Waals surface area contributed by atoms with Gasteiger partial charge in [0.1, 0.15) is 5.69 Å². The van der Waals surface area contributed by atoms with Gasteiger partial charge in [-0.2, -0.15) is 0 Å². The van der Waals surface area contributed by atoms with Gasteiger partial charge in [-0.15, -0.1) is 0 Å². The quantitative estimate of drug-likeness (QED) is 0.167. The SMILES string of the molecule is CCCCCCCCCCCCc1cnc(-c2ccc(CCCCCCCCC(C)C)cn2)nc1. The fraction of sp³-hybridized carbons (Fsp3) is 0.719. The number of pyridine rings is 1. The molecular weight excluding hydrogens is 426 g/mol. The zero-order valence-electron chi connectivity index (χ0n) is 23.2. The topological polar surface area (TPSA) is 38.7 Å². The predicted octanol–water partition coefficient (Wildman–Crippen LogP) is 9.93. The summed E-state index contributed by atoms with van der Waals surface area (Å²) in [6.45, 7) is 6.92. The van der Waals surface area contributed by atoms with Gasteiger partial charge in [-0.3, -0.25) is 4.98 Å². The molecule has 2 aromatic rings. The Labute approximate surface area is 217 Å². The normalized spacial score (nSPS) is 11.4. The lowest BCUT2D eigenvalue weighted by molar-refractivity contribution is 0.511. The van der Waals surface area contributed by atoms with Crippen LogP contribution in [0.4, 0.5) is 0 Å². The van der Waals surface area contributed by atoms with Crippen molar-refractivity contribution in [3.8, 4) is 11.5 Å². The van der Waals surface area contributed by atoms with Crippen molar-refractivity contribution in [3.05, 3.63) is 41.9 Å². The summed E-state index contributed by atoms with van der Waals surface area (Å²) in [5.41, 5.74) is 3.45. The monoisotopic (exact) mass is 479 g/mol. The maximum absolute atomic E-state index is 4.64. The molecule has 0 radical (unpaired) electrons. The second-order valence-electron chi connectivity index (χ2n) is 11.0. The van der Waals surface area contributed by atoms with Crippen molar-refractivity contribution >= 4 is 0 Å². The van der Waals surface area contributed by atoms with Gasteiger partial charge in [0, 0.05) is 18.6 Å². The first kappa shape index (κ1) is 29.5. The van der Waals surface area contributed by atoms with Gasteiger partial charge in [-0.05, 0) is 48.8 Å². The fourth-order valence-electron chi connectivity index (χ4n) is 4.73. The third kappa shape index (κ3) is 14.4. The van der Waals surface area contributed by atoms with Crippen molar-refractivity contribution in [2.45, 2.75) is 143 Å². The van der Waals surface area contributed by atoms with Crippen LogP contribution in [-0.2, 0) is 12.8 Å². The molecule has 0 aliphatic carbocycles. The number of nitrogens with zero attached hydrogens (tertiary/aromatic N) is 3. The Hall–Kier alpha value is -1.77. The summed E-state index contributed by atoms with van der Waals surface area (Å²) < 4.78 is 0. The molecule has 0 bridgehead atoms. The predicted molar refractivity (Wildman–Crippen MR) is 152 cm³/mol. The fourth-order valence-corrected chi connectivity index (χ4v) is 4.73. The van der Waals surface area contributed by atoms with E-state index in [0.717, 1.165) is 30.3 Å². The smallest absolute Gasteiger partial charge is 0.178 e. The molecule has 2 heterocycles. The van der Waals surface area contributed by atoms with Crippen molar-refractivity contribution in [2.24, 2.45) is 5.92 Å². The van der Waals surface area contributed by atoms with Crippen LogP contribution < -0.4 is 0 Å². The van der Waals surface area contributed by atoms with E-state index in [0.29, 0.717) is 0 Å². The highest BCUT2D eigenvalue weighted by Gasteiger charge is 2.04. The van der Waals surface area contributed by atoms with E-state index in [1.54, 1.807) is 0 Å². The van der Waals surface area contributed by atoms with Crippen LogP contribution in [0.25, 0.3) is 11.5 Å². The first-order valence-electron chi connectivity index (χ1n) is 14.9. The van der Waals surface area contributed by atoms with Crippen molar-refractivity contribution in [3.63, 3.8) is 0 Å². The molecule has 196 valence electrons. The molecule has 35 heavy (non-hydrogen) atoms. The molecule has 0 fully saturated rings. The molecule has 0 amide bonds. The Balaban J connectivity index is 1.56. The van der Waals surface area contributed by atoms with Gasteiger partial charge in [0.15, 0.2) is 5.82 Å². The number of hydrogen-bond donors (Lipinski definition) is 0. The lowest BCUT2D eigenvalue weighted by Gasteiger charge is -2.06. The molecule has 0 atom stereocenters. The van der Waals surface area contributed by atoms with Crippen LogP contribution in [0, 0.1) is 5.92 Å². The van der Waals surface area contributed by atoms with Crippen LogP contribution in [0.15, 0.2) is 30.7 Å². The highest BCUT2D eigenvalue weighted by atomic mass is 14.9. The van der Waals surface area contributed by atoms with E-state index >= 15 is 0 Å². The number of hydrogen-bond acceptors (Lipinski definition) is 3. The second kappa shape index (κ2) is 19.4. The third-order valence-electron chi connectivity index (χ3n) is 7.08. The molecular formula is C32H53N3. The second-order valence-corrected chi connectivity index (χ2v) is 11.0. The highest BCUT2D eigenvalue weighted by Crippen LogP contribution is 2.16. The van der Waals surface area contributed by atoms with Crippen LogP contribution >= 0.6 is 0 Å². The van der Waals surface area contributed by atoms with Crippen LogP contribution in [0.1, 0.15) is 141 Å². The summed E-state index contributed by atoms with van der Waals surface area (Å²) in [7, 11) is 0. The summed E-state index contributed by atoms with van der Waals surface area (Å²) in [4.78, 5) is 13.8. The molecule has 2 aromatic heterocycles. The molecule has 3 nitrogen and oxygen atoms in total. The molecule has 3 heteroatoms. The Kier molecular flexibility index (Phi) is 16.3. The van der Waals surface area contributed by atoms with Crippen LogP contribution in [0.3, 0.4) is 0 Å². The third-order valence-corrected chi connectivity index (χ3v) is 7.08. The van der Waals surface area contributed by atoms with Gasteiger partial charge in [0.25, 0.3) is 0 Å². The summed E-state index contributed by atoms with van der Waals surface area (Å²) >= 11 is 0. The molecule has 0 saturated carbocycles. The molecule has 2 rings (SSSR count). The molecule has 0 spiro atoms. The summed E-state index contributed by atoms with van der Waals surface area (Å²) in [5.74, 6) is 1.59. The number of aryl methyl sites for hydroxylation is 2. The minimum absolute atomic E-state index is 0.741. The molecule has 0 aliphatic heterocycles. The minimum Gasteiger partial charge on any atom is -0.253 e. The van der Waals surface area contributed by atoms with Crippen molar-refractivity contribution in [2.75, 3.05) is 0 Å². The van der Waals surface area contributed by atoms with E-state index < -0.39 is 0 Å². The van der Waals surface area contributed by atoms with E-state index in [2.05, 4.69) is 47.9 Å². The van der Waals surface area contributed by atoms with Gasteiger partial charge in [-0.1, -0.05) is 123 Å². The van der Waals surface area contributed by atoms with E-state index in [9.17, 15) is 0 Å². The first-order chi connectivity index (χ1) is 17.2. The van der Waals surface area contributed by atoms with Crippen molar-refractivity contribution < 1.29 is 0 Å². The minimum atomic E-state index is 0.741. The average molecular weight is 480 g/mol. The van der Waals surface area contributed by atoms with Gasteiger partial charge in [0.2, 0.25) is 0 Å². The molecule has 0 saturated heterocycles. The van der Waals surface area contributed by atoms with Crippen LogP contribution in [-0.4, -0.2) is 15.0 Å². The van der Waals surface area contributed by atoms with Crippen LogP contribution in [0.5, 0.6) is 0 Å². The van der Waals surface area contributed by atoms with Gasteiger partial charge in [-0.25, -0.2) is 9.97 Å². The summed E-state index contributed by atoms with van der Waals surface area (Å²) in [6, 6.07) is 4.28. The average Bonchev–Trinajstić information content (AvgIpc) is 2.87. The first-order valence-corrected chi connectivity index (χ1v) is 14.9. The molecule has 0 unspecified atom stereocenters. The van der Waals surface area contributed by atoms with E-state index in [4.69, 9.17) is 0 Å². The highest BCUT2D eigenvalue weighted by molar-refractivity contribution is 5.48. The van der Waals surface area contributed by atoms with Gasteiger partial charge in [0.05, 0.1) is 0 Å². The Morgan fingerprint density at radius 3 is 1.54 bits per heavy atom. The molecule has 0 aliphatic rings. The lowest BCUT2D eigenvalue weighted by atomic mass is 10.0. The maximum Gasteiger partial charge on any atom is 0.178 e. The number of unbranched alkanes of at least 4 members (excludes halogenated alkanes) is 14. The standard InChI is InChI=1S/C32H53N3/c1-4-5-6-7-8-9-10-11-16-19-22-30-26-34-32(35-27-30)31-24-23-29(25-33-31)21-18-15-13-12-14-17-20-28(2)3/h23-28H,4-22H2,1-3H3. The van der Waals surface area contributed by atoms with Crippen molar-refractivity contribution in [1.82, 2.24) is 15.0 Å². The zero-order valence-corrected chi connectivity index (χ0v) is 23.2. The van der Waals surface area contributed by atoms with Crippen LogP contribution in [0.2, 0.25) is 0 Å². The largest absolute Gasteiger partial charge is 0.253 e. The summed E-state index contributed by atoms with van der Waals surface area (Å²) in [5, 5.41) is 0. The zero-order chi connectivity index (χ0) is 25.0. The van der Waals surface area contributed by atoms with E-state index in [1.807, 2.05) is 18.6 Å². The maximum atomic E-state index is 4.64. The van der Waals surface area contributed by atoms with Gasteiger partial charge >= 0.3 is 0 Å².